The third kappa shape index (κ3) is 5.01. The molecule has 0 aliphatic rings. The second kappa shape index (κ2) is 8.76. The Bertz CT molecular complexity index is 684. The van der Waals surface area contributed by atoms with Crippen molar-refractivity contribution >= 4 is 17.6 Å². The quantitative estimate of drug-likeness (QED) is 0.390. The Morgan fingerprint density at radius 2 is 1.88 bits per heavy atom. The lowest BCUT2D eigenvalue weighted by atomic mass is 10.2. The zero-order valence-electron chi connectivity index (χ0n) is 14.3. The van der Waals surface area contributed by atoms with Gasteiger partial charge < -0.3 is 21.4 Å². The number of aliphatic imine (C=N–C) groups is 1. The zero-order chi connectivity index (χ0) is 17.5. The number of hydrogen-bond donors (Lipinski definition) is 3. The molecule has 0 unspecified atom stereocenters. The van der Waals surface area contributed by atoms with Crippen LogP contribution in [0.15, 0.2) is 35.3 Å². The Labute approximate surface area is 148 Å². The van der Waals surface area contributed by atoms with Crippen LogP contribution in [0.4, 0.5) is 0 Å². The van der Waals surface area contributed by atoms with Gasteiger partial charge in [0, 0.05) is 35.2 Å². The molecule has 1 aromatic heterocycles. The average Bonchev–Trinajstić information content (AvgIpc) is 2.81. The number of nitrogens with one attached hydrogen (secondary N) is 1. The highest BCUT2D eigenvalue weighted by molar-refractivity contribution is 6.30. The number of aryl methyl sites for hydroxylation is 1. The molecule has 6 heteroatoms. The smallest absolute Gasteiger partial charge is 0.185 e. The minimum Gasteiger partial charge on any atom is -0.370 e. The highest BCUT2D eigenvalue weighted by Crippen LogP contribution is 2.22. The first-order chi connectivity index (χ1) is 11.5. The van der Waals surface area contributed by atoms with Gasteiger partial charge in [0.05, 0.1) is 0 Å². The van der Waals surface area contributed by atoms with E-state index < -0.39 is 0 Å². The zero-order valence-corrected chi connectivity index (χ0v) is 15.1. The van der Waals surface area contributed by atoms with Gasteiger partial charge in [0.1, 0.15) is 0 Å². The number of aromatic nitrogens is 1. The summed E-state index contributed by atoms with van der Waals surface area (Å²) < 4.78 is 2.26. The summed E-state index contributed by atoms with van der Waals surface area (Å²) in [6, 6.07) is 10.2. The molecule has 0 aliphatic heterocycles. The van der Waals surface area contributed by atoms with E-state index in [9.17, 15) is 0 Å². The van der Waals surface area contributed by atoms with Crippen molar-refractivity contribution in [1.82, 2.24) is 9.88 Å². The van der Waals surface area contributed by atoms with Crippen molar-refractivity contribution in [3.05, 3.63) is 52.3 Å². The third-order valence-corrected chi connectivity index (χ3v) is 4.24. The van der Waals surface area contributed by atoms with Crippen LogP contribution < -0.4 is 16.8 Å². The van der Waals surface area contributed by atoms with Crippen molar-refractivity contribution in [2.24, 2.45) is 16.5 Å². The van der Waals surface area contributed by atoms with Crippen LogP contribution in [0.5, 0.6) is 0 Å². The van der Waals surface area contributed by atoms with Crippen molar-refractivity contribution in [3.8, 4) is 5.69 Å². The van der Waals surface area contributed by atoms with Crippen LogP contribution in [0.3, 0.4) is 0 Å². The number of rotatable bonds is 8. The molecule has 24 heavy (non-hydrogen) atoms. The predicted octanol–water partition coefficient (Wildman–Crippen LogP) is 2.89. The van der Waals surface area contributed by atoms with Crippen molar-refractivity contribution in [3.63, 3.8) is 0 Å². The summed E-state index contributed by atoms with van der Waals surface area (Å²) in [5.74, 6) is 0.164. The lowest BCUT2D eigenvalue weighted by Gasteiger charge is -2.10. The van der Waals surface area contributed by atoms with Gasteiger partial charge in [0.2, 0.25) is 0 Å². The van der Waals surface area contributed by atoms with E-state index in [2.05, 4.69) is 34.8 Å². The third-order valence-electron chi connectivity index (χ3n) is 3.99. The summed E-state index contributed by atoms with van der Waals surface area (Å²) in [6.45, 7) is 6.77. The van der Waals surface area contributed by atoms with Crippen LogP contribution in [-0.4, -0.2) is 23.6 Å². The van der Waals surface area contributed by atoms with E-state index in [-0.39, 0.29) is 5.96 Å². The Kier molecular flexibility index (Phi) is 6.70. The Balaban J connectivity index is 1.90. The van der Waals surface area contributed by atoms with Gasteiger partial charge in [0.25, 0.3) is 0 Å². The predicted molar refractivity (Wildman–Crippen MR) is 102 cm³/mol. The van der Waals surface area contributed by atoms with Gasteiger partial charge in [-0.05, 0) is 69.1 Å². The minimum absolute atomic E-state index is 0.164. The molecule has 0 saturated heterocycles. The number of halogens is 1. The molecule has 5 nitrogen and oxygen atoms in total. The maximum absolute atomic E-state index is 5.98. The van der Waals surface area contributed by atoms with Crippen LogP contribution in [0, 0.1) is 13.8 Å². The van der Waals surface area contributed by atoms with Crippen LogP contribution in [-0.2, 0) is 6.54 Å². The molecule has 2 aromatic rings. The van der Waals surface area contributed by atoms with Crippen LogP contribution >= 0.6 is 11.6 Å². The average molecular weight is 348 g/mol. The van der Waals surface area contributed by atoms with E-state index in [4.69, 9.17) is 23.1 Å². The molecule has 0 amide bonds. The van der Waals surface area contributed by atoms with E-state index in [1.807, 2.05) is 24.3 Å². The summed E-state index contributed by atoms with van der Waals surface area (Å²) in [5.41, 5.74) is 15.5. The molecule has 130 valence electrons. The van der Waals surface area contributed by atoms with Crippen molar-refractivity contribution in [2.75, 3.05) is 13.1 Å². The first-order valence-electron chi connectivity index (χ1n) is 8.19. The normalized spacial score (nSPS) is 10.8. The molecule has 0 spiro atoms. The van der Waals surface area contributed by atoms with Crippen molar-refractivity contribution in [2.45, 2.75) is 33.2 Å². The molecule has 0 aliphatic carbocycles. The fourth-order valence-corrected chi connectivity index (χ4v) is 2.91. The minimum atomic E-state index is 0.164. The molecular weight excluding hydrogens is 322 g/mol. The molecule has 1 heterocycles. The summed E-state index contributed by atoms with van der Waals surface area (Å²) in [5, 5.41) is 4.24. The molecule has 5 N–H and O–H groups in total. The molecule has 1 aromatic carbocycles. The number of guanidine groups is 1. The number of nitrogens with two attached hydrogens (primary N) is 2. The van der Waals surface area contributed by atoms with Gasteiger partial charge in [-0.25, -0.2) is 0 Å². The molecule has 0 radical (unpaired) electrons. The summed E-state index contributed by atoms with van der Waals surface area (Å²) in [7, 11) is 0. The summed E-state index contributed by atoms with van der Waals surface area (Å²) in [4.78, 5) is 3.98. The Morgan fingerprint density at radius 1 is 1.17 bits per heavy atom. The highest BCUT2D eigenvalue weighted by Gasteiger charge is 2.10. The van der Waals surface area contributed by atoms with Crippen LogP contribution in [0.25, 0.3) is 5.69 Å². The first kappa shape index (κ1) is 18.4. The number of unbranched alkanes of at least 4 members (excludes halogenated alkanes) is 1. The molecular formula is C18H26ClN5. The van der Waals surface area contributed by atoms with E-state index in [0.717, 1.165) is 36.6 Å². The monoisotopic (exact) mass is 347 g/mol. The van der Waals surface area contributed by atoms with Crippen LogP contribution in [0.2, 0.25) is 5.02 Å². The van der Waals surface area contributed by atoms with Gasteiger partial charge >= 0.3 is 0 Å². The highest BCUT2D eigenvalue weighted by atomic mass is 35.5. The summed E-state index contributed by atoms with van der Waals surface area (Å²) in [6.07, 6.45) is 2.03. The van der Waals surface area contributed by atoms with Gasteiger partial charge in [-0.15, -0.1) is 0 Å². The second-order valence-electron chi connectivity index (χ2n) is 5.90. The fraction of sp³-hybridized carbons (Fsp3) is 0.389. The maximum atomic E-state index is 5.98. The SMILES string of the molecule is Cc1cc(CNCCCCN=C(N)N)c(C)n1-c1ccc(Cl)cc1. The van der Waals surface area contributed by atoms with Gasteiger partial charge in [0.15, 0.2) is 5.96 Å². The van der Waals surface area contributed by atoms with Gasteiger partial charge in [-0.1, -0.05) is 11.6 Å². The molecule has 0 saturated carbocycles. The van der Waals surface area contributed by atoms with Gasteiger partial charge in [-0.2, -0.15) is 0 Å². The lowest BCUT2D eigenvalue weighted by molar-refractivity contribution is 0.626. The van der Waals surface area contributed by atoms with E-state index in [1.165, 1.54) is 17.0 Å². The molecule has 0 bridgehead atoms. The summed E-state index contributed by atoms with van der Waals surface area (Å²) >= 11 is 5.98. The number of benzene rings is 1. The Hall–Kier alpha value is -1.98. The van der Waals surface area contributed by atoms with Crippen molar-refractivity contribution in [1.29, 1.82) is 0 Å². The first-order valence-corrected chi connectivity index (χ1v) is 8.56. The van der Waals surface area contributed by atoms with E-state index in [0.29, 0.717) is 6.54 Å². The standard InChI is InChI=1S/C18H26ClN5/c1-13-11-15(12-22-9-3-4-10-23-18(20)21)14(2)24(13)17-7-5-16(19)6-8-17/h5-8,11,22H,3-4,9-10,12H2,1-2H3,(H4,20,21,23). The Morgan fingerprint density at radius 3 is 2.54 bits per heavy atom. The maximum Gasteiger partial charge on any atom is 0.185 e. The van der Waals surface area contributed by atoms with E-state index in [1.54, 1.807) is 0 Å². The number of nitrogens with zero attached hydrogens (tertiary/aromatic N) is 2. The van der Waals surface area contributed by atoms with E-state index >= 15 is 0 Å². The molecule has 0 atom stereocenters. The molecule has 2 rings (SSSR count). The van der Waals surface area contributed by atoms with Gasteiger partial charge in [-0.3, -0.25) is 4.99 Å². The van der Waals surface area contributed by atoms with Crippen molar-refractivity contribution < 1.29 is 0 Å². The molecule has 0 fully saturated rings. The topological polar surface area (TPSA) is 81.4 Å². The largest absolute Gasteiger partial charge is 0.370 e. The fourth-order valence-electron chi connectivity index (χ4n) is 2.79. The van der Waals surface area contributed by atoms with Crippen LogP contribution in [0.1, 0.15) is 29.8 Å². The lowest BCUT2D eigenvalue weighted by Crippen LogP contribution is -2.23. The second-order valence-corrected chi connectivity index (χ2v) is 6.34. The number of hydrogen-bond acceptors (Lipinski definition) is 2.